The van der Waals surface area contributed by atoms with E-state index in [4.69, 9.17) is 5.11 Å². The van der Waals surface area contributed by atoms with Crippen molar-refractivity contribution in [2.24, 2.45) is 11.8 Å². The third-order valence-corrected chi connectivity index (χ3v) is 3.53. The fraction of sp³-hybridized carbons (Fsp3) is 0.833. The van der Waals surface area contributed by atoms with Gasteiger partial charge in [0.05, 0.1) is 6.54 Å². The van der Waals surface area contributed by atoms with Crippen LogP contribution < -0.4 is 5.32 Å². The van der Waals surface area contributed by atoms with Crippen molar-refractivity contribution in [1.82, 2.24) is 10.2 Å². The summed E-state index contributed by atoms with van der Waals surface area (Å²) < 4.78 is 0. The molecule has 0 aromatic carbocycles. The standard InChI is InChI=1S/C12H22N2O3/c1-9(16)14(2)7-12(17)13-6-10-4-3-5-11(10)8-15/h10-11,15H,3-8H2,1-2H3,(H,13,17). The molecular weight excluding hydrogens is 220 g/mol. The van der Waals surface area contributed by atoms with Crippen LogP contribution in [-0.2, 0) is 9.59 Å². The van der Waals surface area contributed by atoms with Crippen LogP contribution in [0.25, 0.3) is 0 Å². The van der Waals surface area contributed by atoms with Gasteiger partial charge in [-0.3, -0.25) is 9.59 Å². The second-order valence-corrected chi connectivity index (χ2v) is 4.81. The third-order valence-electron chi connectivity index (χ3n) is 3.53. The molecule has 0 aromatic heterocycles. The zero-order valence-corrected chi connectivity index (χ0v) is 10.6. The summed E-state index contributed by atoms with van der Waals surface area (Å²) in [7, 11) is 1.61. The Morgan fingerprint density at radius 3 is 2.59 bits per heavy atom. The molecule has 0 aromatic rings. The minimum absolute atomic E-state index is 0.103. The molecule has 2 unspecified atom stereocenters. The number of carbonyl (C=O) groups is 2. The van der Waals surface area contributed by atoms with Crippen molar-refractivity contribution in [3.05, 3.63) is 0 Å². The molecule has 17 heavy (non-hydrogen) atoms. The summed E-state index contributed by atoms with van der Waals surface area (Å²) in [4.78, 5) is 23.9. The first-order valence-electron chi connectivity index (χ1n) is 6.13. The highest BCUT2D eigenvalue weighted by Gasteiger charge is 2.26. The van der Waals surface area contributed by atoms with Crippen molar-refractivity contribution in [2.45, 2.75) is 26.2 Å². The van der Waals surface area contributed by atoms with Gasteiger partial charge in [-0.25, -0.2) is 0 Å². The van der Waals surface area contributed by atoms with E-state index in [1.165, 1.54) is 11.8 Å². The van der Waals surface area contributed by atoms with E-state index in [1.807, 2.05) is 0 Å². The summed E-state index contributed by atoms with van der Waals surface area (Å²) in [5.74, 6) is 0.452. The summed E-state index contributed by atoms with van der Waals surface area (Å²) in [5, 5.41) is 12.0. The fourth-order valence-corrected chi connectivity index (χ4v) is 2.25. The van der Waals surface area contributed by atoms with Crippen molar-refractivity contribution in [3.63, 3.8) is 0 Å². The molecule has 1 fully saturated rings. The highest BCUT2D eigenvalue weighted by molar-refractivity contribution is 5.83. The number of likely N-dealkylation sites (N-methyl/N-ethyl adjacent to an activating group) is 1. The third kappa shape index (κ3) is 4.34. The average molecular weight is 242 g/mol. The van der Waals surface area contributed by atoms with Crippen LogP contribution in [0.4, 0.5) is 0 Å². The Hall–Kier alpha value is -1.10. The molecule has 0 aliphatic heterocycles. The van der Waals surface area contributed by atoms with Gasteiger partial charge in [-0.05, 0) is 24.7 Å². The van der Waals surface area contributed by atoms with E-state index in [-0.39, 0.29) is 25.0 Å². The maximum Gasteiger partial charge on any atom is 0.239 e. The Morgan fingerprint density at radius 2 is 2.00 bits per heavy atom. The van der Waals surface area contributed by atoms with Crippen LogP contribution in [0.1, 0.15) is 26.2 Å². The van der Waals surface area contributed by atoms with Gasteiger partial charge in [0.15, 0.2) is 0 Å². The van der Waals surface area contributed by atoms with Crippen LogP contribution in [-0.4, -0.2) is 48.6 Å². The Morgan fingerprint density at radius 1 is 1.35 bits per heavy atom. The quantitative estimate of drug-likeness (QED) is 0.712. The first-order chi connectivity index (χ1) is 8.04. The molecule has 1 aliphatic carbocycles. The molecular formula is C12H22N2O3. The summed E-state index contributed by atoms with van der Waals surface area (Å²) in [6, 6.07) is 0. The van der Waals surface area contributed by atoms with Crippen molar-refractivity contribution in [1.29, 1.82) is 0 Å². The molecule has 0 heterocycles. The number of aliphatic hydroxyl groups excluding tert-OH is 1. The van der Waals surface area contributed by atoms with E-state index in [0.717, 1.165) is 19.3 Å². The van der Waals surface area contributed by atoms with Crippen LogP contribution in [0.15, 0.2) is 0 Å². The van der Waals surface area contributed by atoms with E-state index in [1.54, 1.807) is 7.05 Å². The van der Waals surface area contributed by atoms with Crippen molar-refractivity contribution < 1.29 is 14.7 Å². The number of rotatable bonds is 5. The second-order valence-electron chi connectivity index (χ2n) is 4.81. The topological polar surface area (TPSA) is 69.6 Å². The largest absolute Gasteiger partial charge is 0.396 e. The molecule has 1 rings (SSSR count). The van der Waals surface area contributed by atoms with E-state index >= 15 is 0 Å². The molecule has 2 N–H and O–H groups in total. The zero-order valence-electron chi connectivity index (χ0n) is 10.6. The molecule has 0 saturated heterocycles. The molecule has 5 heteroatoms. The molecule has 98 valence electrons. The second kappa shape index (κ2) is 6.59. The van der Waals surface area contributed by atoms with Crippen molar-refractivity contribution in [2.75, 3.05) is 26.7 Å². The Kier molecular flexibility index (Phi) is 5.41. The molecule has 0 radical (unpaired) electrons. The summed E-state index contributed by atoms with van der Waals surface area (Å²) in [5.41, 5.74) is 0. The number of hydrogen-bond acceptors (Lipinski definition) is 3. The lowest BCUT2D eigenvalue weighted by Crippen LogP contribution is -2.39. The summed E-state index contributed by atoms with van der Waals surface area (Å²) in [6.45, 7) is 2.35. The number of nitrogens with one attached hydrogen (secondary N) is 1. The predicted octanol–water partition coefficient (Wildman–Crippen LogP) is -0.0105. The highest BCUT2D eigenvalue weighted by atomic mass is 16.3. The minimum atomic E-state index is -0.133. The lowest BCUT2D eigenvalue weighted by molar-refractivity contribution is -0.133. The van der Waals surface area contributed by atoms with Crippen LogP contribution in [0, 0.1) is 11.8 Å². The number of aliphatic hydroxyl groups is 1. The highest BCUT2D eigenvalue weighted by Crippen LogP contribution is 2.30. The first kappa shape index (κ1) is 14.0. The molecule has 2 amide bonds. The van der Waals surface area contributed by atoms with Gasteiger partial charge >= 0.3 is 0 Å². The Balaban J connectivity index is 2.26. The average Bonchev–Trinajstić information content (AvgIpc) is 2.73. The number of nitrogens with zero attached hydrogens (tertiary/aromatic N) is 1. The van der Waals surface area contributed by atoms with E-state index in [2.05, 4.69) is 5.32 Å². The summed E-state index contributed by atoms with van der Waals surface area (Å²) in [6.07, 6.45) is 3.23. The van der Waals surface area contributed by atoms with Gasteiger partial charge in [0.25, 0.3) is 0 Å². The predicted molar refractivity (Wildman–Crippen MR) is 64.2 cm³/mol. The van der Waals surface area contributed by atoms with Gasteiger partial charge in [0.2, 0.25) is 11.8 Å². The normalized spacial score (nSPS) is 23.5. The zero-order chi connectivity index (χ0) is 12.8. The molecule has 1 aliphatic rings. The van der Waals surface area contributed by atoms with Crippen molar-refractivity contribution >= 4 is 11.8 Å². The summed E-state index contributed by atoms with van der Waals surface area (Å²) >= 11 is 0. The molecule has 0 spiro atoms. The maximum atomic E-state index is 11.5. The van der Waals surface area contributed by atoms with Gasteiger partial charge in [0.1, 0.15) is 0 Å². The van der Waals surface area contributed by atoms with E-state index in [9.17, 15) is 9.59 Å². The van der Waals surface area contributed by atoms with Gasteiger partial charge in [0, 0.05) is 27.1 Å². The fourth-order valence-electron chi connectivity index (χ4n) is 2.25. The number of amides is 2. The van der Waals surface area contributed by atoms with Crippen LogP contribution >= 0.6 is 0 Å². The number of hydrogen-bond donors (Lipinski definition) is 2. The van der Waals surface area contributed by atoms with Gasteiger partial charge < -0.3 is 15.3 Å². The molecule has 1 saturated carbocycles. The van der Waals surface area contributed by atoms with E-state index in [0.29, 0.717) is 18.4 Å². The first-order valence-corrected chi connectivity index (χ1v) is 6.13. The van der Waals surface area contributed by atoms with Crippen LogP contribution in [0.3, 0.4) is 0 Å². The molecule has 0 bridgehead atoms. The van der Waals surface area contributed by atoms with Crippen LogP contribution in [0.5, 0.6) is 0 Å². The minimum Gasteiger partial charge on any atom is -0.396 e. The van der Waals surface area contributed by atoms with E-state index < -0.39 is 0 Å². The monoisotopic (exact) mass is 242 g/mol. The smallest absolute Gasteiger partial charge is 0.239 e. The van der Waals surface area contributed by atoms with Gasteiger partial charge in [-0.1, -0.05) is 6.42 Å². The molecule has 5 nitrogen and oxygen atoms in total. The molecule has 2 atom stereocenters. The van der Waals surface area contributed by atoms with Crippen LogP contribution in [0.2, 0.25) is 0 Å². The Labute approximate surface area is 102 Å². The lowest BCUT2D eigenvalue weighted by Gasteiger charge is -2.19. The van der Waals surface area contributed by atoms with Gasteiger partial charge in [-0.15, -0.1) is 0 Å². The lowest BCUT2D eigenvalue weighted by atomic mass is 9.97. The SMILES string of the molecule is CC(=O)N(C)CC(=O)NCC1CCCC1CO. The number of carbonyl (C=O) groups excluding carboxylic acids is 2. The Bertz CT molecular complexity index is 281. The van der Waals surface area contributed by atoms with Crippen molar-refractivity contribution in [3.8, 4) is 0 Å². The van der Waals surface area contributed by atoms with Gasteiger partial charge in [-0.2, -0.15) is 0 Å². The maximum absolute atomic E-state index is 11.5.